The van der Waals surface area contributed by atoms with Crippen molar-refractivity contribution in [2.75, 3.05) is 6.61 Å². The van der Waals surface area contributed by atoms with Crippen molar-refractivity contribution in [3.8, 4) is 18.6 Å². The van der Waals surface area contributed by atoms with Crippen LogP contribution in [0, 0.1) is 18.8 Å². The van der Waals surface area contributed by atoms with Crippen LogP contribution in [0.1, 0.15) is 26.2 Å². The number of ketones is 1. The molecule has 1 N–H and O–H groups in total. The Kier molecular flexibility index (Phi) is 11.8. The summed E-state index contributed by atoms with van der Waals surface area (Å²) in [7, 11) is 0. The van der Waals surface area contributed by atoms with Crippen LogP contribution >= 0.6 is 11.6 Å². The minimum absolute atomic E-state index is 0.0550. The zero-order valence-electron chi connectivity index (χ0n) is 14.0. The number of allylic oxidation sites excluding steroid dienone is 1. The fourth-order valence-corrected chi connectivity index (χ4v) is 2.33. The van der Waals surface area contributed by atoms with Crippen LogP contribution in [0.2, 0.25) is 5.02 Å². The van der Waals surface area contributed by atoms with Gasteiger partial charge in [0.15, 0.2) is 12.4 Å². The van der Waals surface area contributed by atoms with Crippen LogP contribution in [-0.4, -0.2) is 29.6 Å². The molecule has 0 bridgehead atoms. The molecule has 0 heterocycles. The standard InChI is InChI=1S/C15H16ClFO2.C2H4O2.C2H2/c16-12-4-2-5-14(9-12)19-10-13(18)8-7-11-3-1-6-15(11)17;1-2(3)4;1-2/h2,4-5,7-9,11,15H,1,3,6,10H2;1H3,(H,3,4);1-2H/b8-7+;;. The van der Waals surface area contributed by atoms with Gasteiger partial charge >= 0.3 is 0 Å². The van der Waals surface area contributed by atoms with E-state index in [0.29, 0.717) is 17.2 Å². The van der Waals surface area contributed by atoms with Crippen LogP contribution in [-0.2, 0) is 9.59 Å². The van der Waals surface area contributed by atoms with Gasteiger partial charge in [-0.3, -0.25) is 9.59 Å². The summed E-state index contributed by atoms with van der Waals surface area (Å²) in [6, 6.07) is 6.87. The summed E-state index contributed by atoms with van der Waals surface area (Å²) < 4.78 is 18.6. The SMILES string of the molecule is C#C.CC(=O)O.O=C(/C=C/C1CCCC1F)COc1cccc(Cl)c1. The fraction of sp³-hybridized carbons (Fsp3) is 0.368. The van der Waals surface area contributed by atoms with Gasteiger partial charge in [-0.05, 0) is 43.5 Å². The molecule has 0 aliphatic heterocycles. The van der Waals surface area contributed by atoms with Crippen molar-refractivity contribution in [1.82, 2.24) is 0 Å². The highest BCUT2D eigenvalue weighted by Gasteiger charge is 2.24. The molecule has 1 aromatic rings. The minimum Gasteiger partial charge on any atom is -0.485 e. The van der Waals surface area contributed by atoms with Gasteiger partial charge in [0.25, 0.3) is 5.97 Å². The molecule has 136 valence electrons. The number of hydrogen-bond acceptors (Lipinski definition) is 3. The molecule has 4 nitrogen and oxygen atoms in total. The van der Waals surface area contributed by atoms with E-state index >= 15 is 0 Å². The lowest BCUT2D eigenvalue weighted by Crippen LogP contribution is -2.10. The van der Waals surface area contributed by atoms with Gasteiger partial charge in [0, 0.05) is 17.9 Å². The van der Waals surface area contributed by atoms with Crippen LogP contribution in [0.5, 0.6) is 5.75 Å². The smallest absolute Gasteiger partial charge is 0.300 e. The predicted octanol–water partition coefficient (Wildman–Crippen LogP) is 4.32. The summed E-state index contributed by atoms with van der Waals surface area (Å²) in [6.07, 6.45) is 12.6. The van der Waals surface area contributed by atoms with Crippen molar-refractivity contribution in [1.29, 1.82) is 0 Å². The number of halogens is 2. The first-order valence-electron chi connectivity index (χ1n) is 7.65. The van der Waals surface area contributed by atoms with Crippen LogP contribution < -0.4 is 4.74 Å². The molecule has 0 aromatic heterocycles. The topological polar surface area (TPSA) is 63.6 Å². The molecule has 1 aliphatic rings. The molecule has 1 aromatic carbocycles. The highest BCUT2D eigenvalue weighted by atomic mass is 35.5. The van der Waals surface area contributed by atoms with Crippen molar-refractivity contribution >= 4 is 23.4 Å². The number of terminal acetylenes is 1. The quantitative estimate of drug-likeness (QED) is 0.621. The largest absolute Gasteiger partial charge is 0.485 e. The first-order valence-corrected chi connectivity index (χ1v) is 8.02. The first-order chi connectivity index (χ1) is 11.9. The Morgan fingerprint density at radius 3 is 2.56 bits per heavy atom. The third-order valence-corrected chi connectivity index (χ3v) is 3.42. The Labute approximate surface area is 152 Å². The van der Waals surface area contributed by atoms with Crippen LogP contribution in [0.3, 0.4) is 0 Å². The van der Waals surface area contributed by atoms with E-state index < -0.39 is 12.1 Å². The molecule has 2 unspecified atom stereocenters. The van der Waals surface area contributed by atoms with Gasteiger partial charge in [-0.2, -0.15) is 0 Å². The molecule has 0 amide bonds. The van der Waals surface area contributed by atoms with E-state index in [4.69, 9.17) is 26.2 Å². The van der Waals surface area contributed by atoms with Crippen LogP contribution in [0.25, 0.3) is 0 Å². The highest BCUT2D eigenvalue weighted by Crippen LogP contribution is 2.29. The molecular formula is C19H22ClFO4. The molecule has 1 aliphatic carbocycles. The Morgan fingerprint density at radius 1 is 1.40 bits per heavy atom. The third kappa shape index (κ3) is 11.0. The summed E-state index contributed by atoms with van der Waals surface area (Å²) in [4.78, 5) is 20.6. The molecule has 1 fully saturated rings. The van der Waals surface area contributed by atoms with E-state index in [1.165, 1.54) is 6.08 Å². The van der Waals surface area contributed by atoms with E-state index in [2.05, 4.69) is 12.8 Å². The number of carboxylic acids is 1. The second-order valence-corrected chi connectivity index (χ2v) is 5.64. The van der Waals surface area contributed by atoms with Gasteiger partial charge < -0.3 is 9.84 Å². The maximum Gasteiger partial charge on any atom is 0.300 e. The summed E-state index contributed by atoms with van der Waals surface area (Å²) in [6.45, 7) is 1.03. The van der Waals surface area contributed by atoms with E-state index in [0.717, 1.165) is 19.8 Å². The number of rotatable bonds is 5. The second-order valence-electron chi connectivity index (χ2n) is 5.20. The number of carbonyl (C=O) groups excluding carboxylic acids is 1. The third-order valence-electron chi connectivity index (χ3n) is 3.19. The number of carboxylic acid groups (broad SMARTS) is 1. The molecule has 2 atom stereocenters. The Bertz CT molecular complexity index is 594. The predicted molar refractivity (Wildman–Crippen MR) is 96.5 cm³/mol. The zero-order chi connectivity index (χ0) is 19.2. The number of aliphatic carboxylic acids is 1. The Morgan fingerprint density at radius 2 is 2.04 bits per heavy atom. The average Bonchev–Trinajstić information content (AvgIpc) is 2.97. The molecule has 0 saturated heterocycles. The number of alkyl halides is 1. The van der Waals surface area contributed by atoms with Crippen LogP contribution in [0.15, 0.2) is 36.4 Å². The van der Waals surface area contributed by atoms with Gasteiger partial charge in [-0.15, -0.1) is 12.8 Å². The normalized spacial score (nSPS) is 18.4. The van der Waals surface area contributed by atoms with Crippen molar-refractivity contribution in [2.45, 2.75) is 32.4 Å². The zero-order valence-corrected chi connectivity index (χ0v) is 14.8. The van der Waals surface area contributed by atoms with E-state index in [-0.39, 0.29) is 18.3 Å². The average molecular weight is 369 g/mol. The van der Waals surface area contributed by atoms with Gasteiger partial charge in [0.05, 0.1) is 0 Å². The molecule has 1 saturated carbocycles. The number of hydrogen-bond donors (Lipinski definition) is 1. The Hall–Kier alpha value is -2.32. The number of ether oxygens (including phenoxy) is 1. The molecule has 0 spiro atoms. The summed E-state index contributed by atoms with van der Waals surface area (Å²) >= 11 is 5.80. The van der Waals surface area contributed by atoms with Crippen molar-refractivity contribution < 1.29 is 23.8 Å². The number of carbonyl (C=O) groups is 2. The summed E-state index contributed by atoms with van der Waals surface area (Å²) in [5.41, 5.74) is 0. The Balaban J connectivity index is 0.000000845. The lowest BCUT2D eigenvalue weighted by Gasteiger charge is -2.06. The van der Waals surface area contributed by atoms with E-state index in [9.17, 15) is 9.18 Å². The molecule has 0 radical (unpaired) electrons. The van der Waals surface area contributed by atoms with E-state index in [1.807, 2.05) is 0 Å². The molecular weight excluding hydrogens is 347 g/mol. The minimum atomic E-state index is -0.833. The first kappa shape index (κ1) is 22.7. The monoisotopic (exact) mass is 368 g/mol. The van der Waals surface area contributed by atoms with E-state index in [1.54, 1.807) is 30.3 Å². The van der Waals surface area contributed by atoms with Gasteiger partial charge in [0.1, 0.15) is 11.9 Å². The molecule has 2 rings (SSSR count). The lowest BCUT2D eigenvalue weighted by molar-refractivity contribution is -0.134. The summed E-state index contributed by atoms with van der Waals surface area (Å²) in [5.74, 6) is -0.562. The van der Waals surface area contributed by atoms with Crippen LogP contribution in [0.4, 0.5) is 4.39 Å². The lowest BCUT2D eigenvalue weighted by atomic mass is 10.1. The van der Waals surface area contributed by atoms with Gasteiger partial charge in [-0.1, -0.05) is 23.7 Å². The number of benzene rings is 1. The van der Waals surface area contributed by atoms with Crippen molar-refractivity contribution in [3.05, 3.63) is 41.4 Å². The van der Waals surface area contributed by atoms with Gasteiger partial charge in [0.2, 0.25) is 0 Å². The molecule has 6 heteroatoms. The van der Waals surface area contributed by atoms with Crippen molar-refractivity contribution in [2.24, 2.45) is 5.92 Å². The maximum atomic E-state index is 13.3. The summed E-state index contributed by atoms with van der Waals surface area (Å²) in [5, 5.41) is 7.98. The maximum absolute atomic E-state index is 13.3. The molecule has 25 heavy (non-hydrogen) atoms. The van der Waals surface area contributed by atoms with Gasteiger partial charge in [-0.25, -0.2) is 4.39 Å². The second kappa shape index (κ2) is 13.0. The van der Waals surface area contributed by atoms with Crippen molar-refractivity contribution in [3.63, 3.8) is 0 Å². The highest BCUT2D eigenvalue weighted by molar-refractivity contribution is 6.30. The fourth-order valence-electron chi connectivity index (χ4n) is 2.15.